The smallest absolute Gasteiger partial charge is 0.0302 e. The molecule has 0 aliphatic heterocycles. The summed E-state index contributed by atoms with van der Waals surface area (Å²) in [6, 6.07) is 4.33. The Morgan fingerprint density at radius 2 is 2.10 bits per heavy atom. The molecular formula is C18H30N2. The lowest BCUT2D eigenvalue weighted by molar-refractivity contribution is 0.153. The summed E-state index contributed by atoms with van der Waals surface area (Å²) in [5.41, 5.74) is 2.08. The Bertz CT molecular complexity index is 417. The van der Waals surface area contributed by atoms with Gasteiger partial charge in [-0.25, -0.2) is 0 Å². The molecule has 1 aromatic heterocycles. The van der Waals surface area contributed by atoms with E-state index in [2.05, 4.69) is 63.2 Å². The Morgan fingerprint density at radius 3 is 2.70 bits per heavy atom. The summed E-state index contributed by atoms with van der Waals surface area (Å²) in [5, 5.41) is 3.70. The van der Waals surface area contributed by atoms with Gasteiger partial charge in [-0.2, -0.15) is 0 Å². The van der Waals surface area contributed by atoms with Gasteiger partial charge >= 0.3 is 0 Å². The Hall–Kier alpha value is -0.890. The highest BCUT2D eigenvalue weighted by Gasteiger charge is 2.35. The maximum atomic E-state index is 4.33. The second-order valence-corrected chi connectivity index (χ2v) is 8.19. The summed E-state index contributed by atoms with van der Waals surface area (Å²) >= 11 is 0. The maximum absolute atomic E-state index is 4.33. The number of aromatic nitrogens is 1. The maximum Gasteiger partial charge on any atom is 0.0302 e. The molecule has 2 unspecified atom stereocenters. The molecule has 1 heterocycles. The number of nitrogens with zero attached hydrogens (tertiary/aromatic N) is 1. The van der Waals surface area contributed by atoms with E-state index in [9.17, 15) is 0 Å². The summed E-state index contributed by atoms with van der Waals surface area (Å²) in [6.45, 7) is 12.7. The zero-order valence-electron chi connectivity index (χ0n) is 13.7. The highest BCUT2D eigenvalue weighted by molar-refractivity contribution is 5.18. The van der Waals surface area contributed by atoms with Gasteiger partial charge in [0.25, 0.3) is 0 Å². The molecule has 112 valence electrons. The molecular weight excluding hydrogens is 244 g/mol. The van der Waals surface area contributed by atoms with Crippen LogP contribution in [-0.2, 0) is 0 Å². The van der Waals surface area contributed by atoms with E-state index < -0.39 is 0 Å². The molecule has 2 rings (SSSR count). The van der Waals surface area contributed by atoms with E-state index in [0.29, 0.717) is 11.3 Å². The van der Waals surface area contributed by atoms with Gasteiger partial charge in [-0.05, 0) is 75.5 Å². The molecule has 1 aliphatic rings. The zero-order valence-corrected chi connectivity index (χ0v) is 13.7. The monoisotopic (exact) mass is 274 g/mol. The Labute approximate surface area is 124 Å². The second-order valence-electron chi connectivity index (χ2n) is 8.19. The first-order valence-electron chi connectivity index (χ1n) is 7.92. The van der Waals surface area contributed by atoms with Gasteiger partial charge in [0.05, 0.1) is 0 Å². The first-order valence-corrected chi connectivity index (χ1v) is 7.92. The highest BCUT2D eigenvalue weighted by Crippen LogP contribution is 2.46. The van der Waals surface area contributed by atoms with Crippen molar-refractivity contribution < 1.29 is 0 Å². The van der Waals surface area contributed by atoms with Gasteiger partial charge in [-0.3, -0.25) is 4.98 Å². The molecule has 1 aliphatic carbocycles. The van der Waals surface area contributed by atoms with Crippen LogP contribution in [0.3, 0.4) is 0 Å². The van der Waals surface area contributed by atoms with Gasteiger partial charge in [0.2, 0.25) is 0 Å². The third-order valence-corrected chi connectivity index (χ3v) is 4.54. The van der Waals surface area contributed by atoms with Crippen LogP contribution in [0.25, 0.3) is 0 Å². The van der Waals surface area contributed by atoms with E-state index in [1.165, 1.54) is 24.8 Å². The zero-order chi connectivity index (χ0) is 14.8. The molecule has 0 spiro atoms. The van der Waals surface area contributed by atoms with Crippen LogP contribution in [0.4, 0.5) is 0 Å². The summed E-state index contributed by atoms with van der Waals surface area (Å²) in [5.74, 6) is 1.37. The third-order valence-electron chi connectivity index (χ3n) is 4.54. The SMILES string of the molecule is CC1(C)CCC(CNC(C)(C)C)C(c2cccnc2)C1. The minimum absolute atomic E-state index is 0.201. The van der Waals surface area contributed by atoms with Crippen LogP contribution in [0.5, 0.6) is 0 Å². The number of hydrogen-bond donors (Lipinski definition) is 1. The average Bonchev–Trinajstić information content (AvgIpc) is 2.36. The minimum atomic E-state index is 0.201. The average molecular weight is 274 g/mol. The van der Waals surface area contributed by atoms with Crippen LogP contribution in [0, 0.1) is 11.3 Å². The predicted octanol–water partition coefficient (Wildman–Crippen LogP) is 4.38. The number of rotatable bonds is 3. The van der Waals surface area contributed by atoms with Crippen molar-refractivity contribution in [1.82, 2.24) is 10.3 Å². The Balaban J connectivity index is 2.12. The fourth-order valence-corrected chi connectivity index (χ4v) is 3.31. The molecule has 1 N–H and O–H groups in total. The molecule has 1 aromatic rings. The molecule has 1 fully saturated rings. The van der Waals surface area contributed by atoms with Crippen LogP contribution in [-0.4, -0.2) is 17.1 Å². The largest absolute Gasteiger partial charge is 0.312 e. The molecule has 0 aromatic carbocycles. The molecule has 1 saturated carbocycles. The van der Waals surface area contributed by atoms with Crippen LogP contribution in [0.15, 0.2) is 24.5 Å². The lowest BCUT2D eigenvalue weighted by Crippen LogP contribution is -2.42. The van der Waals surface area contributed by atoms with E-state index >= 15 is 0 Å². The fourth-order valence-electron chi connectivity index (χ4n) is 3.31. The molecule has 0 saturated heterocycles. The summed E-state index contributed by atoms with van der Waals surface area (Å²) < 4.78 is 0. The topological polar surface area (TPSA) is 24.9 Å². The Kier molecular flexibility index (Phi) is 4.53. The van der Waals surface area contributed by atoms with Crippen LogP contribution in [0.1, 0.15) is 65.4 Å². The molecule has 2 heteroatoms. The van der Waals surface area contributed by atoms with Crippen molar-refractivity contribution in [2.45, 2.75) is 65.3 Å². The normalized spacial score (nSPS) is 26.4. The lowest BCUT2D eigenvalue weighted by atomic mass is 9.65. The van der Waals surface area contributed by atoms with Crippen LogP contribution >= 0.6 is 0 Å². The van der Waals surface area contributed by atoms with Gasteiger partial charge in [0, 0.05) is 17.9 Å². The van der Waals surface area contributed by atoms with Gasteiger partial charge < -0.3 is 5.32 Å². The summed E-state index contributed by atoms with van der Waals surface area (Å²) in [7, 11) is 0. The van der Waals surface area contributed by atoms with Crippen molar-refractivity contribution in [2.75, 3.05) is 6.54 Å². The van der Waals surface area contributed by atoms with E-state index in [0.717, 1.165) is 12.5 Å². The lowest BCUT2D eigenvalue weighted by Gasteiger charge is -2.42. The van der Waals surface area contributed by atoms with E-state index in [1.807, 2.05) is 6.20 Å². The van der Waals surface area contributed by atoms with Crippen LogP contribution in [0.2, 0.25) is 0 Å². The van der Waals surface area contributed by atoms with Crippen molar-refractivity contribution >= 4 is 0 Å². The Morgan fingerprint density at radius 1 is 1.35 bits per heavy atom. The van der Waals surface area contributed by atoms with E-state index in [4.69, 9.17) is 0 Å². The van der Waals surface area contributed by atoms with E-state index in [-0.39, 0.29) is 5.54 Å². The summed E-state index contributed by atoms with van der Waals surface area (Å²) in [4.78, 5) is 4.33. The number of hydrogen-bond acceptors (Lipinski definition) is 2. The predicted molar refractivity (Wildman–Crippen MR) is 85.9 cm³/mol. The minimum Gasteiger partial charge on any atom is -0.312 e. The van der Waals surface area contributed by atoms with Gasteiger partial charge in [0.1, 0.15) is 0 Å². The number of pyridine rings is 1. The molecule has 2 atom stereocenters. The quantitative estimate of drug-likeness (QED) is 0.884. The van der Waals surface area contributed by atoms with Gasteiger partial charge in [-0.15, -0.1) is 0 Å². The highest BCUT2D eigenvalue weighted by atomic mass is 14.9. The molecule has 0 amide bonds. The molecule has 0 bridgehead atoms. The van der Waals surface area contributed by atoms with Crippen molar-refractivity contribution in [3.05, 3.63) is 30.1 Å². The van der Waals surface area contributed by atoms with Gasteiger partial charge in [-0.1, -0.05) is 19.9 Å². The van der Waals surface area contributed by atoms with Crippen molar-refractivity contribution in [3.8, 4) is 0 Å². The number of nitrogens with one attached hydrogen (secondary N) is 1. The third kappa shape index (κ3) is 4.31. The van der Waals surface area contributed by atoms with Crippen LogP contribution < -0.4 is 5.32 Å². The molecule has 2 nitrogen and oxygen atoms in total. The first-order chi connectivity index (χ1) is 9.27. The first kappa shape index (κ1) is 15.5. The summed E-state index contributed by atoms with van der Waals surface area (Å²) in [6.07, 6.45) is 7.86. The van der Waals surface area contributed by atoms with Crippen molar-refractivity contribution in [3.63, 3.8) is 0 Å². The fraction of sp³-hybridized carbons (Fsp3) is 0.722. The van der Waals surface area contributed by atoms with E-state index in [1.54, 1.807) is 0 Å². The second kappa shape index (κ2) is 5.85. The molecule has 0 radical (unpaired) electrons. The van der Waals surface area contributed by atoms with Gasteiger partial charge in [0.15, 0.2) is 0 Å². The van der Waals surface area contributed by atoms with Crippen molar-refractivity contribution in [1.29, 1.82) is 0 Å². The standard InChI is InChI=1S/C18H30N2/c1-17(2,3)20-13-15-8-9-18(4,5)11-16(15)14-7-6-10-19-12-14/h6-7,10,12,15-16,20H,8-9,11,13H2,1-5H3. The van der Waals surface area contributed by atoms with Crippen molar-refractivity contribution in [2.24, 2.45) is 11.3 Å². The molecule has 20 heavy (non-hydrogen) atoms.